The molecule has 0 radical (unpaired) electrons. The number of hydrogen-bond donors (Lipinski definition) is 3. The third-order valence-electron chi connectivity index (χ3n) is 4.80. The Balaban J connectivity index is 1.59. The summed E-state index contributed by atoms with van der Waals surface area (Å²) in [6.45, 7) is 2.68. The van der Waals surface area contributed by atoms with Crippen LogP contribution >= 0.6 is 0 Å². The van der Waals surface area contributed by atoms with E-state index >= 15 is 0 Å². The Morgan fingerprint density at radius 2 is 1.74 bits per heavy atom. The van der Waals surface area contributed by atoms with E-state index in [0.717, 1.165) is 22.4 Å². The molecular weight excluding hydrogens is 392 g/mol. The van der Waals surface area contributed by atoms with E-state index in [4.69, 9.17) is 9.47 Å². The first-order chi connectivity index (χ1) is 15.1. The van der Waals surface area contributed by atoms with Gasteiger partial charge < -0.3 is 25.2 Å². The van der Waals surface area contributed by atoms with E-state index in [-0.39, 0.29) is 12.5 Å². The molecule has 0 saturated heterocycles. The quantitative estimate of drug-likeness (QED) is 0.464. The molecule has 0 saturated carbocycles. The van der Waals surface area contributed by atoms with Gasteiger partial charge in [-0.2, -0.15) is 0 Å². The average molecular weight is 421 g/mol. The molecule has 3 rings (SSSR count). The first-order valence-electron chi connectivity index (χ1n) is 10.2. The molecule has 3 N–H and O–H groups in total. The van der Waals surface area contributed by atoms with Crippen molar-refractivity contribution in [3.05, 3.63) is 89.5 Å². The van der Waals surface area contributed by atoms with Gasteiger partial charge in [0, 0.05) is 24.3 Å². The van der Waals surface area contributed by atoms with Crippen molar-refractivity contribution in [2.75, 3.05) is 25.6 Å². The summed E-state index contributed by atoms with van der Waals surface area (Å²) in [5, 5.41) is 16.4. The number of hydrogen-bond acceptors (Lipinski definition) is 5. The third kappa shape index (κ3) is 6.57. The van der Waals surface area contributed by atoms with E-state index in [0.29, 0.717) is 24.6 Å². The van der Waals surface area contributed by atoms with Gasteiger partial charge in [0.2, 0.25) is 0 Å². The van der Waals surface area contributed by atoms with Crippen LogP contribution in [0.1, 0.15) is 22.8 Å². The molecule has 3 aromatic rings. The predicted octanol–water partition coefficient (Wildman–Crippen LogP) is 3.84. The van der Waals surface area contributed by atoms with Crippen molar-refractivity contribution in [3.63, 3.8) is 0 Å². The Kier molecular flexibility index (Phi) is 8.04. The number of aryl methyl sites for hydroxylation is 1. The number of nitrogens with one attached hydrogen (secondary N) is 2. The highest BCUT2D eigenvalue weighted by molar-refractivity contribution is 5.91. The van der Waals surface area contributed by atoms with E-state index in [1.54, 1.807) is 13.2 Å². The fourth-order valence-corrected chi connectivity index (χ4v) is 3.13. The smallest absolute Gasteiger partial charge is 0.262 e. The molecule has 6 heteroatoms. The molecule has 6 nitrogen and oxygen atoms in total. The maximum Gasteiger partial charge on any atom is 0.262 e. The van der Waals surface area contributed by atoms with Crippen molar-refractivity contribution in [1.29, 1.82) is 0 Å². The lowest BCUT2D eigenvalue weighted by molar-refractivity contribution is -0.118. The molecule has 0 spiro atoms. The van der Waals surface area contributed by atoms with Gasteiger partial charge >= 0.3 is 0 Å². The van der Waals surface area contributed by atoms with Gasteiger partial charge in [0.1, 0.15) is 0 Å². The van der Waals surface area contributed by atoms with Gasteiger partial charge in [-0.15, -0.1) is 0 Å². The number of aliphatic hydroxyl groups excluding tert-OH is 1. The summed E-state index contributed by atoms with van der Waals surface area (Å²) in [5.41, 5.74) is 3.53. The second kappa shape index (κ2) is 11.2. The van der Waals surface area contributed by atoms with E-state index in [1.807, 2.05) is 73.7 Å². The summed E-state index contributed by atoms with van der Waals surface area (Å²) in [6.07, 6.45) is -0.614. The van der Waals surface area contributed by atoms with Crippen molar-refractivity contribution >= 4 is 11.6 Å². The normalized spacial score (nSPS) is 11.6. The molecule has 0 aliphatic heterocycles. The van der Waals surface area contributed by atoms with E-state index in [9.17, 15) is 9.90 Å². The summed E-state index contributed by atoms with van der Waals surface area (Å²) in [4.78, 5) is 12.3. The van der Waals surface area contributed by atoms with E-state index in [1.165, 1.54) is 0 Å². The third-order valence-corrected chi connectivity index (χ3v) is 4.80. The average Bonchev–Trinajstić information content (AvgIpc) is 2.80. The molecule has 0 aromatic heterocycles. The SMILES string of the molecule is COc1cccc(CNC[C@H](O)c2ccccc2)c1OCC(=O)Nc1ccc(C)cc1. The van der Waals surface area contributed by atoms with Crippen LogP contribution in [0.25, 0.3) is 0 Å². The van der Waals surface area contributed by atoms with Gasteiger partial charge in [0.15, 0.2) is 18.1 Å². The number of anilines is 1. The molecule has 0 fully saturated rings. The van der Waals surface area contributed by atoms with Gasteiger partial charge in [-0.25, -0.2) is 0 Å². The van der Waals surface area contributed by atoms with Crippen LogP contribution in [0.3, 0.4) is 0 Å². The fourth-order valence-electron chi connectivity index (χ4n) is 3.13. The molecule has 31 heavy (non-hydrogen) atoms. The lowest BCUT2D eigenvalue weighted by Crippen LogP contribution is -2.23. The molecule has 3 aromatic carbocycles. The Morgan fingerprint density at radius 1 is 1.00 bits per heavy atom. The zero-order valence-electron chi connectivity index (χ0n) is 17.8. The number of rotatable bonds is 10. The highest BCUT2D eigenvalue weighted by Gasteiger charge is 2.14. The van der Waals surface area contributed by atoms with Crippen LogP contribution in [0.2, 0.25) is 0 Å². The zero-order valence-corrected chi connectivity index (χ0v) is 17.8. The van der Waals surface area contributed by atoms with Crippen LogP contribution in [0.4, 0.5) is 5.69 Å². The zero-order chi connectivity index (χ0) is 22.1. The summed E-state index contributed by atoms with van der Waals surface area (Å²) in [5.74, 6) is 0.796. The van der Waals surface area contributed by atoms with Gasteiger partial charge in [0.25, 0.3) is 5.91 Å². The number of ether oxygens (including phenoxy) is 2. The van der Waals surface area contributed by atoms with Crippen LogP contribution in [-0.4, -0.2) is 31.3 Å². The molecule has 0 bridgehead atoms. The number of benzene rings is 3. The summed E-state index contributed by atoms with van der Waals surface area (Å²) >= 11 is 0. The second-order valence-corrected chi connectivity index (χ2v) is 7.21. The van der Waals surface area contributed by atoms with E-state index in [2.05, 4.69) is 10.6 Å². The molecule has 1 atom stereocenters. The summed E-state index contributed by atoms with van der Waals surface area (Å²) in [7, 11) is 1.56. The maximum absolute atomic E-state index is 12.3. The molecule has 1 amide bonds. The highest BCUT2D eigenvalue weighted by atomic mass is 16.5. The Hall–Kier alpha value is -3.35. The number of aliphatic hydroxyl groups is 1. The van der Waals surface area contributed by atoms with Crippen LogP contribution in [0, 0.1) is 6.92 Å². The van der Waals surface area contributed by atoms with Crippen molar-refractivity contribution in [2.24, 2.45) is 0 Å². The Labute approximate surface area is 182 Å². The Morgan fingerprint density at radius 3 is 2.45 bits per heavy atom. The minimum atomic E-state index is -0.614. The standard InChI is InChI=1S/C25H28N2O4/c1-18-11-13-21(14-12-18)27-24(29)17-31-25-20(9-6-10-23(25)30-2)15-26-16-22(28)19-7-4-3-5-8-19/h3-14,22,26,28H,15-17H2,1-2H3,(H,27,29)/t22-/m0/s1. The lowest BCUT2D eigenvalue weighted by atomic mass is 10.1. The topological polar surface area (TPSA) is 79.8 Å². The minimum absolute atomic E-state index is 0.145. The number of para-hydroxylation sites is 1. The number of methoxy groups -OCH3 is 1. The van der Waals surface area contributed by atoms with E-state index < -0.39 is 6.10 Å². The summed E-state index contributed by atoms with van der Waals surface area (Å²) < 4.78 is 11.2. The predicted molar refractivity (Wildman–Crippen MR) is 121 cm³/mol. The van der Waals surface area contributed by atoms with Crippen molar-refractivity contribution in [1.82, 2.24) is 5.32 Å². The van der Waals surface area contributed by atoms with Crippen LogP contribution in [0.15, 0.2) is 72.8 Å². The lowest BCUT2D eigenvalue weighted by Gasteiger charge is -2.17. The van der Waals surface area contributed by atoms with Crippen LogP contribution in [-0.2, 0) is 11.3 Å². The maximum atomic E-state index is 12.3. The molecule has 0 aliphatic carbocycles. The minimum Gasteiger partial charge on any atom is -0.493 e. The Bertz CT molecular complexity index is 975. The van der Waals surface area contributed by atoms with Crippen LogP contribution in [0.5, 0.6) is 11.5 Å². The van der Waals surface area contributed by atoms with Gasteiger partial charge in [-0.1, -0.05) is 60.2 Å². The molecular formula is C25H28N2O4. The number of carbonyl (C=O) groups is 1. The largest absolute Gasteiger partial charge is 0.493 e. The summed E-state index contributed by atoms with van der Waals surface area (Å²) in [6, 6.07) is 22.6. The second-order valence-electron chi connectivity index (χ2n) is 7.21. The first-order valence-corrected chi connectivity index (χ1v) is 10.2. The molecule has 0 heterocycles. The van der Waals surface area contributed by atoms with Crippen molar-refractivity contribution in [2.45, 2.75) is 19.6 Å². The van der Waals surface area contributed by atoms with Gasteiger partial charge in [-0.3, -0.25) is 4.79 Å². The van der Waals surface area contributed by atoms with Crippen LogP contribution < -0.4 is 20.1 Å². The number of carbonyl (C=O) groups excluding carboxylic acids is 1. The molecule has 162 valence electrons. The van der Waals surface area contributed by atoms with Crippen molar-refractivity contribution in [3.8, 4) is 11.5 Å². The fraction of sp³-hybridized carbons (Fsp3) is 0.240. The van der Waals surface area contributed by atoms with Crippen molar-refractivity contribution < 1.29 is 19.4 Å². The molecule has 0 unspecified atom stereocenters. The molecule has 0 aliphatic rings. The highest BCUT2D eigenvalue weighted by Crippen LogP contribution is 2.31. The van der Waals surface area contributed by atoms with Gasteiger partial charge in [-0.05, 0) is 30.7 Å². The van der Waals surface area contributed by atoms with Gasteiger partial charge in [0.05, 0.1) is 13.2 Å². The first kappa shape index (κ1) is 22.3. The monoisotopic (exact) mass is 420 g/mol. The number of amides is 1.